The van der Waals surface area contributed by atoms with Gasteiger partial charge in [0.05, 0.1) is 18.1 Å². The zero-order chi connectivity index (χ0) is 33.6. The Kier molecular flexibility index (Phi) is 9.09. The first-order chi connectivity index (χ1) is 22.4. The topological polar surface area (TPSA) is 63.9 Å². The van der Waals surface area contributed by atoms with Crippen molar-refractivity contribution in [3.05, 3.63) is 115 Å². The van der Waals surface area contributed by atoms with Crippen LogP contribution in [0.15, 0.2) is 109 Å². The Morgan fingerprint density at radius 1 is 0.915 bits per heavy atom. The van der Waals surface area contributed by atoms with Crippen molar-refractivity contribution in [3.63, 3.8) is 0 Å². The molecule has 1 amide bonds. The lowest BCUT2D eigenvalue weighted by Gasteiger charge is -2.53. The highest BCUT2D eigenvalue weighted by Gasteiger charge is 2.56. The van der Waals surface area contributed by atoms with Crippen LogP contribution in [0.4, 0.5) is 0 Å². The van der Waals surface area contributed by atoms with Gasteiger partial charge < -0.3 is 9.33 Å². The summed E-state index contributed by atoms with van der Waals surface area (Å²) >= 11 is 1.50. The molecule has 4 atom stereocenters. The number of Topliss-reactive ketones (excluding diaryl/α,β-unsaturated/α-hetero) is 1. The summed E-state index contributed by atoms with van der Waals surface area (Å²) in [5.41, 5.74) is 0.457. The summed E-state index contributed by atoms with van der Waals surface area (Å²) in [5.74, 6) is 1.15. The van der Waals surface area contributed by atoms with Gasteiger partial charge in [0, 0.05) is 23.4 Å². The average Bonchev–Trinajstić information content (AvgIpc) is 3.69. The quantitative estimate of drug-likeness (QED) is 0.0677. The number of rotatable bonds is 10. The van der Waals surface area contributed by atoms with Crippen LogP contribution in [-0.4, -0.2) is 52.4 Å². The molecule has 0 radical (unpaired) electrons. The number of carbonyl (C=O) groups is 2. The number of thiazole rings is 1. The molecule has 2 unspecified atom stereocenters. The Morgan fingerprint density at radius 3 is 1.91 bits per heavy atom. The van der Waals surface area contributed by atoms with Gasteiger partial charge in [-0.2, -0.15) is 0 Å². The van der Waals surface area contributed by atoms with Gasteiger partial charge in [0.15, 0.2) is 14.1 Å². The van der Waals surface area contributed by atoms with Gasteiger partial charge in [-0.15, -0.1) is 11.3 Å². The van der Waals surface area contributed by atoms with E-state index in [2.05, 4.69) is 118 Å². The van der Waals surface area contributed by atoms with Crippen molar-refractivity contribution in [2.24, 2.45) is 11.8 Å². The number of likely N-dealkylation sites (tertiary alicyclic amines) is 1. The summed E-state index contributed by atoms with van der Waals surface area (Å²) in [6.07, 6.45) is 3.26. The van der Waals surface area contributed by atoms with Crippen molar-refractivity contribution >= 4 is 64.9 Å². The van der Waals surface area contributed by atoms with Gasteiger partial charge in [0.25, 0.3) is 0 Å². The minimum Gasteiger partial charge on any atom is -0.413 e. The Morgan fingerprint density at radius 2 is 1.43 bits per heavy atom. The maximum absolute atomic E-state index is 14.6. The molecular weight excluding hydrogens is 638 g/mol. The van der Waals surface area contributed by atoms with Crippen LogP contribution in [0.1, 0.15) is 45.1 Å². The van der Waals surface area contributed by atoms with E-state index in [1.54, 1.807) is 6.33 Å². The van der Waals surface area contributed by atoms with E-state index in [1.165, 1.54) is 11.3 Å². The van der Waals surface area contributed by atoms with E-state index >= 15 is 0 Å². The second-order valence-electron chi connectivity index (χ2n) is 14.1. The summed E-state index contributed by atoms with van der Waals surface area (Å²) in [7, 11) is -2.21. The van der Waals surface area contributed by atoms with Crippen LogP contribution in [-0.2, 0) is 9.22 Å². The zero-order valence-corrected chi connectivity index (χ0v) is 30.9. The molecule has 0 bridgehead atoms. The number of carbonyl (C=O) groups excluding carboxylic acids is 2. The van der Waals surface area contributed by atoms with Crippen LogP contribution < -0.4 is 15.9 Å². The molecule has 0 N–H and O–H groups in total. The summed E-state index contributed by atoms with van der Waals surface area (Å²) in [6.45, 7) is 12.5. The fourth-order valence-corrected chi connectivity index (χ4v) is 12.6. The van der Waals surface area contributed by atoms with E-state index in [0.717, 1.165) is 20.7 Å². The lowest BCUT2D eigenvalue weighted by atomic mass is 9.75. The largest absolute Gasteiger partial charge is 0.413 e. The van der Waals surface area contributed by atoms with Gasteiger partial charge >= 0.3 is 0 Å². The number of hydrogen-bond acceptors (Lipinski definition) is 5. The highest BCUT2D eigenvalue weighted by molar-refractivity contribution is 7.94. The molecule has 47 heavy (non-hydrogen) atoms. The van der Waals surface area contributed by atoms with Crippen molar-refractivity contribution in [1.29, 1.82) is 0 Å². The van der Waals surface area contributed by atoms with E-state index in [0.29, 0.717) is 5.69 Å². The highest BCUT2D eigenvalue weighted by atomic mass is 32.1. The Hall–Kier alpha value is -3.55. The summed E-state index contributed by atoms with van der Waals surface area (Å²) < 4.78 is 8.76. The Labute approximate surface area is 283 Å². The maximum atomic E-state index is 14.6. The predicted molar refractivity (Wildman–Crippen MR) is 200 cm³/mol. The van der Waals surface area contributed by atoms with Gasteiger partial charge in [-0.05, 0) is 47.9 Å². The molecule has 1 aliphatic heterocycles. The SMILES string of the molecule is C[C@@H](O[Si](C)(C)C(C)(C)C)C1C(=O)N(C=P(c2ccccc2)(c2ccccc2)c2ccccc2)C1[C@@H](C)C(=O)c1ncn2ccsc12. The van der Waals surface area contributed by atoms with Crippen molar-refractivity contribution in [1.82, 2.24) is 14.3 Å². The van der Waals surface area contributed by atoms with E-state index in [-0.39, 0.29) is 22.8 Å². The zero-order valence-electron chi connectivity index (χ0n) is 28.2. The lowest BCUT2D eigenvalue weighted by Crippen LogP contribution is -2.68. The van der Waals surface area contributed by atoms with Crippen molar-refractivity contribution in [3.8, 4) is 0 Å². The molecule has 244 valence electrons. The molecule has 2 aromatic heterocycles. The number of imidazole rings is 1. The second kappa shape index (κ2) is 12.8. The fourth-order valence-electron chi connectivity index (χ4n) is 6.53. The van der Waals surface area contributed by atoms with Gasteiger partial charge in [0.2, 0.25) is 5.91 Å². The molecule has 1 saturated heterocycles. The Bertz CT molecular complexity index is 1830. The molecule has 3 heterocycles. The van der Waals surface area contributed by atoms with Crippen molar-refractivity contribution < 1.29 is 14.0 Å². The van der Waals surface area contributed by atoms with Crippen LogP contribution in [0, 0.1) is 11.8 Å². The number of ketones is 1. The minimum absolute atomic E-state index is 0.000798. The van der Waals surface area contributed by atoms with Crippen LogP contribution in [0.5, 0.6) is 0 Å². The first-order valence-corrected chi connectivity index (χ1v) is 21.9. The van der Waals surface area contributed by atoms with Crippen LogP contribution in [0.3, 0.4) is 0 Å². The number of hydrogen-bond donors (Lipinski definition) is 0. The normalized spacial score (nSPS) is 18.5. The summed E-state index contributed by atoms with van der Waals surface area (Å²) in [5, 5.41) is 5.37. The first kappa shape index (κ1) is 33.4. The highest BCUT2D eigenvalue weighted by Crippen LogP contribution is 2.48. The maximum Gasteiger partial charge on any atom is 0.234 e. The fraction of sp³-hybridized carbons (Fsp3) is 0.316. The van der Waals surface area contributed by atoms with Gasteiger partial charge in [-0.25, -0.2) is 4.98 Å². The molecule has 0 saturated carbocycles. The van der Waals surface area contributed by atoms with Gasteiger partial charge in [0.1, 0.15) is 16.9 Å². The molecule has 6 nitrogen and oxygen atoms in total. The average molecular weight is 682 g/mol. The molecule has 1 fully saturated rings. The monoisotopic (exact) mass is 681 g/mol. The van der Waals surface area contributed by atoms with Crippen molar-refractivity contribution in [2.75, 3.05) is 0 Å². The molecule has 0 spiro atoms. The third kappa shape index (κ3) is 5.90. The first-order valence-electron chi connectivity index (χ1n) is 16.2. The predicted octanol–water partition coefficient (Wildman–Crippen LogP) is 7.21. The molecule has 9 heteroatoms. The molecule has 3 aromatic carbocycles. The third-order valence-corrected chi connectivity index (χ3v) is 19.5. The molecule has 6 rings (SSSR count). The van der Waals surface area contributed by atoms with Crippen LogP contribution in [0.25, 0.3) is 4.83 Å². The lowest BCUT2D eigenvalue weighted by molar-refractivity contribution is -0.155. The van der Waals surface area contributed by atoms with Gasteiger partial charge in [-0.3, -0.25) is 14.0 Å². The minimum atomic E-state index is -2.51. The van der Waals surface area contributed by atoms with Crippen LogP contribution in [0.2, 0.25) is 18.1 Å². The number of β-lactam (4-membered cyclic amide) rings is 1. The van der Waals surface area contributed by atoms with E-state index < -0.39 is 33.1 Å². The number of benzene rings is 3. The van der Waals surface area contributed by atoms with E-state index in [9.17, 15) is 9.59 Å². The number of fused-ring (bicyclic) bond motifs is 1. The standard InChI is InChI=1S/C38H44N3O3PSSi/c1-27(35(42)33-37-40(25-39-33)23-24-46-37)34-32(28(2)44-47(6,7)38(3,4)5)36(43)41(34)26-45(29-17-11-8-12-18-29,30-19-13-9-14-20-30)31-21-15-10-16-22-31/h8-28,32,34H,1-7H3/t27-,28-,32?,34?/m1/s1. The summed E-state index contributed by atoms with van der Waals surface area (Å²) in [4.78, 5) is 36.2. The summed E-state index contributed by atoms with van der Waals surface area (Å²) in [6, 6.07) is 31.0. The molecule has 0 aliphatic carbocycles. The number of aromatic nitrogens is 2. The molecular formula is C38H44N3O3PSSi. The molecule has 5 aromatic rings. The van der Waals surface area contributed by atoms with Crippen molar-refractivity contribution in [2.45, 2.75) is 64.9 Å². The second-order valence-corrected chi connectivity index (χ2v) is 22.9. The third-order valence-electron chi connectivity index (χ3n) is 10.1. The van der Waals surface area contributed by atoms with Crippen LogP contribution >= 0.6 is 18.2 Å². The number of amides is 1. The number of nitrogens with zero attached hydrogens (tertiary/aromatic N) is 3. The van der Waals surface area contributed by atoms with Gasteiger partial charge in [-0.1, -0.05) is 119 Å². The van der Waals surface area contributed by atoms with E-state index in [1.807, 2.05) is 52.9 Å². The molecule has 1 aliphatic rings. The Balaban J connectivity index is 1.54. The smallest absolute Gasteiger partial charge is 0.234 e. The van der Waals surface area contributed by atoms with E-state index in [4.69, 9.17) is 4.43 Å².